The maximum Gasteiger partial charge on any atom is 0.423 e. The van der Waals surface area contributed by atoms with E-state index in [1.54, 1.807) is 25.5 Å². The highest BCUT2D eigenvalue weighted by atomic mass is 32.2. The second kappa shape index (κ2) is 10.2. The molecule has 5 rings (SSSR count). The Balaban J connectivity index is 1.24. The Kier molecular flexibility index (Phi) is 7.05. The number of carbonyl (C=O) groups excluding carboxylic acids is 1. The largest absolute Gasteiger partial charge is 0.443 e. The molecule has 4 atom stereocenters. The van der Waals surface area contributed by atoms with Crippen LogP contribution in [0.3, 0.4) is 0 Å². The summed E-state index contributed by atoms with van der Waals surface area (Å²) in [6.45, 7) is 4.60. The number of nitrogens with zero attached hydrogens (tertiary/aromatic N) is 3. The third-order valence-electron chi connectivity index (χ3n) is 7.02. The normalized spacial score (nSPS) is 23.4. The Labute approximate surface area is 221 Å². The van der Waals surface area contributed by atoms with Gasteiger partial charge in [-0.1, -0.05) is 24.3 Å². The van der Waals surface area contributed by atoms with E-state index >= 15 is 0 Å². The molecule has 12 heteroatoms. The van der Waals surface area contributed by atoms with E-state index in [9.17, 15) is 18.3 Å². The minimum atomic E-state index is -4.38. The van der Waals surface area contributed by atoms with Crippen LogP contribution in [0.5, 0.6) is 0 Å². The van der Waals surface area contributed by atoms with Gasteiger partial charge in [-0.05, 0) is 63.6 Å². The molecule has 1 amide bonds. The number of fused-ring (bicyclic) bond motifs is 2. The molecule has 38 heavy (non-hydrogen) atoms. The number of rotatable bonds is 7. The fourth-order valence-corrected chi connectivity index (χ4v) is 6.00. The maximum absolute atomic E-state index is 12.2. The Morgan fingerprint density at radius 1 is 1.18 bits per heavy atom. The zero-order chi connectivity index (χ0) is 27.1. The van der Waals surface area contributed by atoms with Crippen molar-refractivity contribution >= 4 is 33.2 Å². The highest BCUT2D eigenvalue weighted by Gasteiger charge is 2.36. The minimum absolute atomic E-state index is 0.104. The first-order chi connectivity index (χ1) is 18.0. The zero-order valence-corrected chi connectivity index (χ0v) is 22.4. The summed E-state index contributed by atoms with van der Waals surface area (Å²) in [6.07, 6.45) is 4.48. The molecule has 11 nitrogen and oxygen atoms in total. The number of amides is 1. The van der Waals surface area contributed by atoms with Gasteiger partial charge in [0.05, 0.1) is 24.1 Å². The fourth-order valence-electron chi connectivity index (χ4n) is 5.34. The second-order valence-corrected chi connectivity index (χ2v) is 12.3. The molecule has 2 aliphatic rings. The van der Waals surface area contributed by atoms with Crippen LogP contribution in [0.25, 0.3) is 11.0 Å². The van der Waals surface area contributed by atoms with Gasteiger partial charge in [-0.2, -0.15) is 13.1 Å². The predicted molar refractivity (Wildman–Crippen MR) is 141 cm³/mol. The van der Waals surface area contributed by atoms with E-state index < -0.39 is 34.0 Å². The number of ether oxygens (including phenoxy) is 1. The van der Waals surface area contributed by atoms with Crippen molar-refractivity contribution in [2.24, 2.45) is 5.92 Å². The third kappa shape index (κ3) is 5.77. The number of aromatic nitrogens is 3. The fraction of sp³-hybridized carbons (Fsp3) is 0.500. The lowest BCUT2D eigenvalue weighted by Crippen LogP contribution is -2.38. The summed E-state index contributed by atoms with van der Waals surface area (Å²) in [5.74, 6) is 0.315. The maximum atomic E-state index is 12.2. The number of aryl methyl sites for hydroxylation is 1. The van der Waals surface area contributed by atoms with Gasteiger partial charge in [0.15, 0.2) is 0 Å². The molecule has 2 aliphatic carbocycles. The van der Waals surface area contributed by atoms with Gasteiger partial charge in [0, 0.05) is 18.2 Å². The Hall–Kier alpha value is -3.22. The molecule has 0 saturated heterocycles. The van der Waals surface area contributed by atoms with Crippen molar-refractivity contribution in [2.75, 3.05) is 11.9 Å². The molecule has 0 radical (unpaired) electrons. The summed E-state index contributed by atoms with van der Waals surface area (Å²) < 4.78 is 38.1. The van der Waals surface area contributed by atoms with Gasteiger partial charge in [-0.3, -0.25) is 4.18 Å². The molecule has 1 aromatic carbocycles. The standard InChI is InChI=1S/C26H33N5O6S/c1-26(2,3)37-25(33)30-38(34,35)36-14-17-12-18(13-22(17)32)31-11-10-20-23(27-15-28-24(20)31)29-21-9-8-16-6-4-5-7-19(16)21/h4-7,10-11,15,17-18,21-22,32H,8-9,12-14H2,1-3H3,(H,30,33)(H,27,28,29)/t17-,18+,21+,22-/m0/s1. The number of aliphatic hydroxyl groups is 1. The smallest absolute Gasteiger partial charge is 0.423 e. The summed E-state index contributed by atoms with van der Waals surface area (Å²) in [5.41, 5.74) is 2.53. The molecule has 1 fully saturated rings. The predicted octanol–water partition coefficient (Wildman–Crippen LogP) is 3.63. The first-order valence-electron chi connectivity index (χ1n) is 12.7. The number of hydrogen-bond donors (Lipinski definition) is 3. The quantitative estimate of drug-likeness (QED) is 0.407. The van der Waals surface area contributed by atoms with Gasteiger partial charge in [-0.25, -0.2) is 14.8 Å². The van der Waals surface area contributed by atoms with Crippen LogP contribution in [-0.4, -0.2) is 52.5 Å². The molecule has 1 saturated carbocycles. The van der Waals surface area contributed by atoms with Crippen LogP contribution in [0, 0.1) is 5.92 Å². The van der Waals surface area contributed by atoms with Crippen LogP contribution < -0.4 is 10.0 Å². The van der Waals surface area contributed by atoms with Crippen LogP contribution in [0.15, 0.2) is 42.9 Å². The first-order valence-corrected chi connectivity index (χ1v) is 14.1. The molecule has 204 valence electrons. The molecular formula is C26H33N5O6S. The lowest BCUT2D eigenvalue weighted by Gasteiger charge is -2.20. The number of hydrogen-bond acceptors (Lipinski definition) is 9. The number of aliphatic hydroxyl groups excluding tert-OH is 1. The topological polar surface area (TPSA) is 145 Å². The van der Waals surface area contributed by atoms with Gasteiger partial charge in [0.2, 0.25) is 0 Å². The van der Waals surface area contributed by atoms with Crippen LogP contribution in [0.2, 0.25) is 0 Å². The molecule has 0 bridgehead atoms. The average molecular weight is 544 g/mol. The van der Waals surface area contributed by atoms with Crippen LogP contribution in [-0.2, 0) is 25.6 Å². The van der Waals surface area contributed by atoms with Gasteiger partial charge in [0.25, 0.3) is 0 Å². The number of benzene rings is 1. The van der Waals surface area contributed by atoms with Gasteiger partial charge < -0.3 is 19.7 Å². The van der Waals surface area contributed by atoms with Crippen molar-refractivity contribution in [1.82, 2.24) is 19.3 Å². The molecule has 3 N–H and O–H groups in total. The van der Waals surface area contributed by atoms with E-state index in [0.717, 1.165) is 29.7 Å². The summed E-state index contributed by atoms with van der Waals surface area (Å²) in [7, 11) is -4.38. The molecule has 0 spiro atoms. The van der Waals surface area contributed by atoms with Gasteiger partial charge in [0.1, 0.15) is 23.4 Å². The Morgan fingerprint density at radius 2 is 1.97 bits per heavy atom. The second-order valence-electron chi connectivity index (χ2n) is 10.9. The number of carbonyl (C=O) groups is 1. The first kappa shape index (κ1) is 26.4. The minimum Gasteiger partial charge on any atom is -0.443 e. The van der Waals surface area contributed by atoms with E-state index in [2.05, 4.69) is 39.6 Å². The Morgan fingerprint density at radius 3 is 2.76 bits per heavy atom. The van der Waals surface area contributed by atoms with Crippen LogP contribution in [0.1, 0.15) is 63.2 Å². The molecule has 2 heterocycles. The van der Waals surface area contributed by atoms with Gasteiger partial charge in [-0.15, -0.1) is 0 Å². The lowest BCUT2D eigenvalue weighted by atomic mass is 10.1. The number of anilines is 1. The molecule has 0 aliphatic heterocycles. The summed E-state index contributed by atoms with van der Waals surface area (Å²) in [4.78, 5) is 20.8. The zero-order valence-electron chi connectivity index (χ0n) is 21.6. The van der Waals surface area contributed by atoms with Crippen molar-refractivity contribution in [3.05, 3.63) is 54.0 Å². The third-order valence-corrected chi connectivity index (χ3v) is 7.89. The van der Waals surface area contributed by atoms with Crippen molar-refractivity contribution < 1.29 is 27.2 Å². The number of nitrogens with one attached hydrogen (secondary N) is 2. The van der Waals surface area contributed by atoms with E-state index in [4.69, 9.17) is 8.92 Å². The van der Waals surface area contributed by atoms with Crippen molar-refractivity contribution in [3.63, 3.8) is 0 Å². The molecule has 3 aromatic rings. The average Bonchev–Trinajstić information content (AvgIpc) is 3.53. The summed E-state index contributed by atoms with van der Waals surface area (Å²) in [5, 5.41) is 15.1. The molecule has 0 unspecified atom stereocenters. The van der Waals surface area contributed by atoms with Crippen LogP contribution in [0.4, 0.5) is 10.6 Å². The highest BCUT2D eigenvalue weighted by Crippen LogP contribution is 2.39. The van der Waals surface area contributed by atoms with E-state index in [-0.39, 0.29) is 18.7 Å². The molecule has 2 aromatic heterocycles. The monoisotopic (exact) mass is 543 g/mol. The van der Waals surface area contributed by atoms with E-state index in [1.807, 2.05) is 16.8 Å². The van der Waals surface area contributed by atoms with Crippen molar-refractivity contribution in [1.29, 1.82) is 0 Å². The van der Waals surface area contributed by atoms with E-state index in [0.29, 0.717) is 12.8 Å². The SMILES string of the molecule is CC(C)(C)OC(=O)NS(=O)(=O)OC[C@@H]1C[C@@H](n2ccc3c(N[C@@H]4CCc5ccccc54)ncnc32)C[C@@H]1O. The summed E-state index contributed by atoms with van der Waals surface area (Å²) >= 11 is 0. The van der Waals surface area contributed by atoms with E-state index in [1.165, 1.54) is 17.5 Å². The van der Waals surface area contributed by atoms with Crippen molar-refractivity contribution in [2.45, 2.75) is 70.2 Å². The van der Waals surface area contributed by atoms with Gasteiger partial charge >= 0.3 is 16.4 Å². The highest BCUT2D eigenvalue weighted by molar-refractivity contribution is 7.85. The van der Waals surface area contributed by atoms with Crippen molar-refractivity contribution in [3.8, 4) is 0 Å². The lowest BCUT2D eigenvalue weighted by molar-refractivity contribution is 0.0559. The Bertz CT molecular complexity index is 1430. The summed E-state index contributed by atoms with van der Waals surface area (Å²) in [6, 6.07) is 10.5. The van der Waals surface area contributed by atoms with Crippen LogP contribution >= 0.6 is 0 Å². The molecular weight excluding hydrogens is 510 g/mol.